The Kier molecular flexibility index (Phi) is 3.77. The van der Waals surface area contributed by atoms with E-state index in [0.717, 1.165) is 12.8 Å². The molecule has 1 atom stereocenters. The highest BCUT2D eigenvalue weighted by Gasteiger charge is 2.43. The molecule has 0 saturated heterocycles. The highest BCUT2D eigenvalue weighted by Crippen LogP contribution is 2.41. The van der Waals surface area contributed by atoms with Crippen molar-refractivity contribution in [2.24, 2.45) is 5.41 Å². The van der Waals surface area contributed by atoms with E-state index in [1.165, 1.54) is 0 Å². The number of hydrogen-bond acceptors (Lipinski definition) is 5. The van der Waals surface area contributed by atoms with Gasteiger partial charge in [0.15, 0.2) is 5.82 Å². The second kappa shape index (κ2) is 5.33. The molecule has 1 aliphatic carbocycles. The zero-order chi connectivity index (χ0) is 13.9. The first-order valence-corrected chi connectivity index (χ1v) is 6.30. The van der Waals surface area contributed by atoms with Gasteiger partial charge in [0.2, 0.25) is 5.91 Å². The molecular formula is C11H17N5O3. The van der Waals surface area contributed by atoms with Crippen molar-refractivity contribution in [1.29, 1.82) is 0 Å². The van der Waals surface area contributed by atoms with Crippen molar-refractivity contribution in [3.63, 3.8) is 0 Å². The summed E-state index contributed by atoms with van der Waals surface area (Å²) in [6, 6.07) is -0.390. The Morgan fingerprint density at radius 1 is 1.47 bits per heavy atom. The minimum absolute atomic E-state index is 0.00449. The second-order valence-electron chi connectivity index (χ2n) is 5.03. The Balaban J connectivity index is 1.95. The fourth-order valence-electron chi connectivity index (χ4n) is 2.54. The summed E-state index contributed by atoms with van der Waals surface area (Å²) >= 11 is 0. The van der Waals surface area contributed by atoms with E-state index in [2.05, 4.69) is 25.9 Å². The van der Waals surface area contributed by atoms with Gasteiger partial charge in [0.1, 0.15) is 0 Å². The lowest BCUT2D eigenvalue weighted by Crippen LogP contribution is -2.36. The Morgan fingerprint density at radius 2 is 2.16 bits per heavy atom. The quantitative estimate of drug-likeness (QED) is 0.710. The van der Waals surface area contributed by atoms with Gasteiger partial charge in [-0.25, -0.2) is 0 Å². The first-order chi connectivity index (χ1) is 9.03. The summed E-state index contributed by atoms with van der Waals surface area (Å²) in [5.74, 6) is -0.793. The normalized spacial score (nSPS) is 19.0. The van der Waals surface area contributed by atoms with Crippen molar-refractivity contribution < 1.29 is 14.7 Å². The SMILES string of the molecule is CC(NC(=O)CC1(C(=O)O)CCCC1)c1nn[nH]n1. The maximum atomic E-state index is 12.0. The van der Waals surface area contributed by atoms with E-state index in [4.69, 9.17) is 0 Å². The number of amides is 1. The standard InChI is InChI=1S/C11H17N5O3/c1-7(9-13-15-16-14-9)12-8(17)6-11(10(18)19)4-2-3-5-11/h7H,2-6H2,1H3,(H,12,17)(H,18,19)(H,13,14,15,16). The highest BCUT2D eigenvalue weighted by atomic mass is 16.4. The number of nitrogens with one attached hydrogen (secondary N) is 2. The molecule has 0 aliphatic heterocycles. The lowest BCUT2D eigenvalue weighted by atomic mass is 9.82. The van der Waals surface area contributed by atoms with Gasteiger partial charge in [-0.3, -0.25) is 9.59 Å². The van der Waals surface area contributed by atoms with Crippen LogP contribution in [0.25, 0.3) is 0 Å². The van der Waals surface area contributed by atoms with Gasteiger partial charge in [-0.05, 0) is 19.8 Å². The molecule has 1 aromatic heterocycles. The summed E-state index contributed by atoms with van der Waals surface area (Å²) < 4.78 is 0. The lowest BCUT2D eigenvalue weighted by molar-refractivity contribution is -0.151. The number of carbonyl (C=O) groups excluding carboxylic acids is 1. The van der Waals surface area contributed by atoms with Crippen molar-refractivity contribution in [3.05, 3.63) is 5.82 Å². The number of aliphatic carboxylic acids is 1. The molecule has 1 aliphatic rings. The molecule has 2 rings (SSSR count). The molecule has 0 aromatic carbocycles. The molecule has 0 radical (unpaired) electrons. The average molecular weight is 267 g/mol. The van der Waals surface area contributed by atoms with Crippen LogP contribution in [0.1, 0.15) is 50.9 Å². The first kappa shape index (κ1) is 13.4. The van der Waals surface area contributed by atoms with Crippen molar-refractivity contribution in [3.8, 4) is 0 Å². The number of nitrogens with zero attached hydrogens (tertiary/aromatic N) is 3. The van der Waals surface area contributed by atoms with Gasteiger partial charge < -0.3 is 10.4 Å². The van der Waals surface area contributed by atoms with Crippen LogP contribution in [0.2, 0.25) is 0 Å². The van der Waals surface area contributed by atoms with E-state index < -0.39 is 17.4 Å². The van der Waals surface area contributed by atoms with E-state index in [-0.39, 0.29) is 12.3 Å². The predicted molar refractivity (Wildman–Crippen MR) is 63.9 cm³/mol. The number of carbonyl (C=O) groups is 2. The topological polar surface area (TPSA) is 121 Å². The van der Waals surface area contributed by atoms with E-state index in [9.17, 15) is 14.7 Å². The fraction of sp³-hybridized carbons (Fsp3) is 0.727. The minimum Gasteiger partial charge on any atom is -0.481 e. The molecule has 1 amide bonds. The Hall–Kier alpha value is -1.99. The van der Waals surface area contributed by atoms with Crippen LogP contribution in [0, 0.1) is 5.41 Å². The summed E-state index contributed by atoms with van der Waals surface area (Å²) in [4.78, 5) is 23.3. The van der Waals surface area contributed by atoms with Crippen molar-refractivity contribution in [2.75, 3.05) is 0 Å². The molecule has 0 spiro atoms. The van der Waals surface area contributed by atoms with E-state index in [0.29, 0.717) is 18.7 Å². The molecule has 8 heteroatoms. The summed E-state index contributed by atoms with van der Waals surface area (Å²) in [5, 5.41) is 25.3. The van der Waals surface area contributed by atoms with Gasteiger partial charge in [0.25, 0.3) is 0 Å². The minimum atomic E-state index is -0.902. The summed E-state index contributed by atoms with van der Waals surface area (Å²) in [5.41, 5.74) is -0.902. The van der Waals surface area contributed by atoms with Crippen LogP contribution in [0.3, 0.4) is 0 Å². The maximum Gasteiger partial charge on any atom is 0.310 e. The monoisotopic (exact) mass is 267 g/mol. The van der Waals surface area contributed by atoms with Crippen LogP contribution < -0.4 is 5.32 Å². The number of rotatable bonds is 5. The third kappa shape index (κ3) is 2.88. The van der Waals surface area contributed by atoms with Gasteiger partial charge in [0, 0.05) is 6.42 Å². The first-order valence-electron chi connectivity index (χ1n) is 6.30. The van der Waals surface area contributed by atoms with Gasteiger partial charge in [0.05, 0.1) is 11.5 Å². The number of aromatic nitrogens is 4. The largest absolute Gasteiger partial charge is 0.481 e. The van der Waals surface area contributed by atoms with Gasteiger partial charge in [-0.2, -0.15) is 5.21 Å². The van der Waals surface area contributed by atoms with Gasteiger partial charge >= 0.3 is 5.97 Å². The van der Waals surface area contributed by atoms with Crippen LogP contribution in [-0.4, -0.2) is 37.6 Å². The van der Waals surface area contributed by atoms with Crippen LogP contribution >= 0.6 is 0 Å². The van der Waals surface area contributed by atoms with Gasteiger partial charge in [-0.1, -0.05) is 18.1 Å². The molecule has 0 bridgehead atoms. The Bertz CT molecular complexity index is 453. The second-order valence-corrected chi connectivity index (χ2v) is 5.03. The lowest BCUT2D eigenvalue weighted by Gasteiger charge is -2.23. The summed E-state index contributed by atoms with van der Waals surface area (Å²) in [6.45, 7) is 1.73. The molecule has 8 nitrogen and oxygen atoms in total. The molecule has 104 valence electrons. The third-order valence-corrected chi connectivity index (χ3v) is 3.64. The molecule has 1 heterocycles. The Labute approximate surface area is 110 Å². The molecule has 1 fully saturated rings. The summed E-state index contributed by atoms with van der Waals surface area (Å²) in [7, 11) is 0. The molecular weight excluding hydrogens is 250 g/mol. The van der Waals surface area contributed by atoms with Gasteiger partial charge in [-0.15, -0.1) is 10.2 Å². The van der Waals surface area contributed by atoms with Crippen LogP contribution in [0.15, 0.2) is 0 Å². The third-order valence-electron chi connectivity index (χ3n) is 3.64. The van der Waals surface area contributed by atoms with Crippen molar-refractivity contribution in [1.82, 2.24) is 25.9 Å². The van der Waals surface area contributed by atoms with Crippen LogP contribution in [0.5, 0.6) is 0 Å². The smallest absolute Gasteiger partial charge is 0.310 e. The highest BCUT2D eigenvalue weighted by molar-refractivity contribution is 5.85. The van der Waals surface area contributed by atoms with Crippen LogP contribution in [0.4, 0.5) is 0 Å². The van der Waals surface area contributed by atoms with E-state index in [1.807, 2.05) is 0 Å². The average Bonchev–Trinajstić information content (AvgIpc) is 2.99. The van der Waals surface area contributed by atoms with E-state index >= 15 is 0 Å². The summed E-state index contributed by atoms with van der Waals surface area (Å²) in [6.07, 6.45) is 2.85. The number of carboxylic acid groups (broad SMARTS) is 1. The van der Waals surface area contributed by atoms with Crippen LogP contribution in [-0.2, 0) is 9.59 Å². The van der Waals surface area contributed by atoms with Crippen molar-refractivity contribution >= 4 is 11.9 Å². The maximum absolute atomic E-state index is 12.0. The molecule has 19 heavy (non-hydrogen) atoms. The number of carboxylic acids is 1. The zero-order valence-corrected chi connectivity index (χ0v) is 10.7. The number of H-pyrrole nitrogens is 1. The molecule has 1 saturated carbocycles. The number of tetrazole rings is 1. The van der Waals surface area contributed by atoms with E-state index in [1.54, 1.807) is 6.92 Å². The molecule has 1 aromatic rings. The molecule has 3 N–H and O–H groups in total. The predicted octanol–water partition coefficient (Wildman–Crippen LogP) is 0.412. The zero-order valence-electron chi connectivity index (χ0n) is 10.7. The Morgan fingerprint density at radius 3 is 2.68 bits per heavy atom. The van der Waals surface area contributed by atoms with Crippen molar-refractivity contribution in [2.45, 2.75) is 45.1 Å². The fourth-order valence-corrected chi connectivity index (χ4v) is 2.54. The number of hydrogen-bond donors (Lipinski definition) is 3. The molecule has 1 unspecified atom stereocenters. The number of aromatic amines is 1.